The molecule has 0 spiro atoms. The van der Waals surface area contributed by atoms with Crippen molar-refractivity contribution in [1.29, 1.82) is 0 Å². The Morgan fingerprint density at radius 1 is 1.16 bits per heavy atom. The number of likely N-dealkylation sites (N-methyl/N-ethyl adjacent to an activating group) is 1. The summed E-state index contributed by atoms with van der Waals surface area (Å²) in [4.78, 5) is 17.7. The highest BCUT2D eigenvalue weighted by Gasteiger charge is 2.30. The van der Waals surface area contributed by atoms with Crippen molar-refractivity contribution in [1.82, 2.24) is 29.9 Å². The van der Waals surface area contributed by atoms with E-state index < -0.39 is 11.7 Å². The minimum absolute atomic E-state index is 0.0288. The van der Waals surface area contributed by atoms with Crippen LogP contribution in [-0.2, 0) is 6.54 Å². The Balaban J connectivity index is 1.56. The molecular weight excluding hydrogens is 487 g/mol. The van der Waals surface area contributed by atoms with Crippen molar-refractivity contribution in [2.75, 3.05) is 40.3 Å². The maximum Gasteiger partial charge on any atom is 0.289 e. The van der Waals surface area contributed by atoms with Crippen molar-refractivity contribution >= 4 is 5.91 Å². The lowest BCUT2D eigenvalue weighted by Gasteiger charge is -2.32. The number of methoxy groups -OCH3 is 1. The first-order valence-corrected chi connectivity index (χ1v) is 13.1. The van der Waals surface area contributed by atoms with Crippen LogP contribution in [0.2, 0.25) is 0 Å². The summed E-state index contributed by atoms with van der Waals surface area (Å²) in [6, 6.07) is 8.41. The minimum atomic E-state index is -0.491. The average molecular weight is 523 g/mol. The lowest BCUT2D eigenvalue weighted by atomic mass is 9.98. The van der Waals surface area contributed by atoms with E-state index in [1.165, 1.54) is 16.7 Å². The number of halogens is 1. The number of phenols is 1. The number of nitrogens with one attached hydrogen (secondary N) is 1. The predicted molar refractivity (Wildman–Crippen MR) is 142 cm³/mol. The van der Waals surface area contributed by atoms with Gasteiger partial charge in [-0.25, -0.2) is 4.39 Å². The number of carbonyl (C=O) groups is 1. The number of ether oxygens (including phenoxy) is 1. The molecule has 1 aliphatic carbocycles. The van der Waals surface area contributed by atoms with Crippen LogP contribution in [0, 0.1) is 5.82 Å². The Kier molecular flexibility index (Phi) is 7.36. The monoisotopic (exact) mass is 522 g/mol. The Morgan fingerprint density at radius 2 is 1.89 bits per heavy atom. The molecule has 2 fully saturated rings. The molecule has 2 N–H and O–H groups in total. The number of nitrogens with zero attached hydrogens (tertiary/aromatic N) is 5. The molecule has 1 aliphatic heterocycles. The third-order valence-electron chi connectivity index (χ3n) is 7.24. The van der Waals surface area contributed by atoms with Crippen molar-refractivity contribution in [2.45, 2.75) is 45.2 Å². The molecule has 1 aromatic heterocycles. The Labute approximate surface area is 222 Å². The highest BCUT2D eigenvalue weighted by Crippen LogP contribution is 2.39. The molecule has 1 saturated carbocycles. The number of carbonyl (C=O) groups excluding carboxylic acids is 1. The highest BCUT2D eigenvalue weighted by atomic mass is 19.1. The van der Waals surface area contributed by atoms with E-state index in [4.69, 9.17) is 4.74 Å². The lowest BCUT2D eigenvalue weighted by molar-refractivity contribution is 0.0938. The predicted octanol–water partition coefficient (Wildman–Crippen LogP) is 3.55. The summed E-state index contributed by atoms with van der Waals surface area (Å²) < 4.78 is 22.6. The molecule has 0 atom stereocenters. The van der Waals surface area contributed by atoms with Crippen molar-refractivity contribution in [3.63, 3.8) is 0 Å². The van der Waals surface area contributed by atoms with Crippen LogP contribution in [0.5, 0.6) is 11.5 Å². The van der Waals surface area contributed by atoms with Crippen LogP contribution in [0.25, 0.3) is 17.1 Å². The summed E-state index contributed by atoms with van der Waals surface area (Å²) in [5.41, 5.74) is 2.19. The molecule has 202 valence electrons. The molecule has 3 aromatic rings. The second-order valence-electron chi connectivity index (χ2n) is 10.6. The Bertz CT molecular complexity index is 1330. The molecule has 0 bridgehead atoms. The molecule has 5 rings (SSSR count). The number of rotatable bonds is 8. The van der Waals surface area contributed by atoms with Gasteiger partial charge in [0.05, 0.1) is 18.4 Å². The zero-order chi connectivity index (χ0) is 27.0. The molecule has 9 nitrogen and oxygen atoms in total. The number of aromatic nitrogens is 3. The number of benzene rings is 2. The van der Waals surface area contributed by atoms with Crippen molar-refractivity contribution < 1.29 is 19.0 Å². The van der Waals surface area contributed by atoms with Gasteiger partial charge in [0, 0.05) is 44.8 Å². The van der Waals surface area contributed by atoms with Gasteiger partial charge in [-0.1, -0.05) is 19.9 Å². The van der Waals surface area contributed by atoms with Crippen LogP contribution in [0.15, 0.2) is 30.3 Å². The van der Waals surface area contributed by atoms with Gasteiger partial charge in [-0.05, 0) is 55.1 Å². The molecule has 0 unspecified atom stereocenters. The standard InChI is InChI=1S/C28H35FN6O3/c1-17(2)20-14-21(24(36)15-25(20)38-4)26-31-32-27(28(37)30-19-6-7-19)35(26)23-8-5-18(13-22(23)29)16-34-11-9-33(3)10-12-34/h5,8,13-15,17,19,36H,6-7,9-12,16H2,1-4H3,(H,30,37). The summed E-state index contributed by atoms with van der Waals surface area (Å²) in [5.74, 6) is -0.236. The zero-order valence-electron chi connectivity index (χ0n) is 22.4. The van der Waals surface area contributed by atoms with E-state index in [1.54, 1.807) is 19.2 Å². The van der Waals surface area contributed by atoms with Gasteiger partial charge in [0.1, 0.15) is 17.3 Å². The number of piperazine rings is 1. The third-order valence-corrected chi connectivity index (χ3v) is 7.24. The summed E-state index contributed by atoms with van der Waals surface area (Å²) in [6.07, 6.45) is 1.80. The number of hydrogen-bond donors (Lipinski definition) is 2. The molecule has 1 amide bonds. The number of amides is 1. The van der Waals surface area contributed by atoms with Crippen molar-refractivity contribution in [2.24, 2.45) is 0 Å². The Hall–Kier alpha value is -3.50. The quantitative estimate of drug-likeness (QED) is 0.467. The second kappa shape index (κ2) is 10.7. The van der Waals surface area contributed by atoms with Crippen LogP contribution in [0.3, 0.4) is 0 Å². The molecule has 2 heterocycles. The molecule has 2 aromatic carbocycles. The molecule has 38 heavy (non-hydrogen) atoms. The molecular formula is C28H35FN6O3. The number of aromatic hydroxyl groups is 1. The van der Waals surface area contributed by atoms with E-state index in [9.17, 15) is 9.90 Å². The van der Waals surface area contributed by atoms with Gasteiger partial charge >= 0.3 is 0 Å². The Morgan fingerprint density at radius 3 is 2.53 bits per heavy atom. The first-order valence-electron chi connectivity index (χ1n) is 13.1. The van der Waals surface area contributed by atoms with Gasteiger partial charge in [0.25, 0.3) is 5.91 Å². The van der Waals surface area contributed by atoms with Gasteiger partial charge in [0.15, 0.2) is 5.82 Å². The first kappa shape index (κ1) is 26.1. The fourth-order valence-corrected chi connectivity index (χ4v) is 4.80. The molecule has 1 saturated heterocycles. The normalized spacial score (nSPS) is 16.7. The van der Waals surface area contributed by atoms with Gasteiger partial charge in [-0.15, -0.1) is 10.2 Å². The van der Waals surface area contributed by atoms with E-state index in [0.29, 0.717) is 17.9 Å². The zero-order valence-corrected chi connectivity index (χ0v) is 22.4. The molecule has 10 heteroatoms. The summed E-state index contributed by atoms with van der Waals surface area (Å²) in [7, 11) is 3.65. The van der Waals surface area contributed by atoms with E-state index in [0.717, 1.165) is 50.1 Å². The van der Waals surface area contributed by atoms with Crippen LogP contribution in [0.1, 0.15) is 54.4 Å². The topological polar surface area (TPSA) is 95.8 Å². The fraction of sp³-hybridized carbons (Fsp3) is 0.464. The van der Waals surface area contributed by atoms with E-state index in [1.807, 2.05) is 19.9 Å². The van der Waals surface area contributed by atoms with E-state index in [2.05, 4.69) is 32.4 Å². The van der Waals surface area contributed by atoms with E-state index >= 15 is 4.39 Å². The van der Waals surface area contributed by atoms with Gasteiger partial charge < -0.3 is 20.1 Å². The molecule has 0 radical (unpaired) electrons. The van der Waals surface area contributed by atoms with Crippen LogP contribution in [-0.4, -0.2) is 82.0 Å². The average Bonchev–Trinajstić information content (AvgIpc) is 3.60. The van der Waals surface area contributed by atoms with Gasteiger partial charge in [-0.2, -0.15) is 0 Å². The maximum absolute atomic E-state index is 15.8. The molecule has 2 aliphatic rings. The second-order valence-corrected chi connectivity index (χ2v) is 10.6. The van der Waals surface area contributed by atoms with Crippen LogP contribution >= 0.6 is 0 Å². The van der Waals surface area contributed by atoms with Crippen LogP contribution in [0.4, 0.5) is 4.39 Å². The van der Waals surface area contributed by atoms with Crippen molar-refractivity contribution in [3.8, 4) is 28.6 Å². The SMILES string of the molecule is COc1cc(O)c(-c2nnc(C(=O)NC3CC3)n2-c2ccc(CN3CCN(C)CC3)cc2F)cc1C(C)C. The van der Waals surface area contributed by atoms with Gasteiger partial charge in [0.2, 0.25) is 5.82 Å². The maximum atomic E-state index is 15.8. The summed E-state index contributed by atoms with van der Waals surface area (Å²) in [5, 5.41) is 22.2. The van der Waals surface area contributed by atoms with E-state index in [-0.39, 0.29) is 35.0 Å². The summed E-state index contributed by atoms with van der Waals surface area (Å²) >= 11 is 0. The first-order chi connectivity index (χ1) is 18.2. The number of hydrogen-bond acceptors (Lipinski definition) is 7. The smallest absolute Gasteiger partial charge is 0.289 e. The van der Waals surface area contributed by atoms with Gasteiger partial charge in [-0.3, -0.25) is 14.3 Å². The third kappa shape index (κ3) is 5.37. The highest BCUT2D eigenvalue weighted by molar-refractivity contribution is 5.92. The largest absolute Gasteiger partial charge is 0.507 e. The van der Waals surface area contributed by atoms with Crippen molar-refractivity contribution in [3.05, 3.63) is 53.1 Å². The fourth-order valence-electron chi connectivity index (χ4n) is 4.80. The minimum Gasteiger partial charge on any atom is -0.507 e. The summed E-state index contributed by atoms with van der Waals surface area (Å²) in [6.45, 7) is 8.48. The van der Waals surface area contributed by atoms with Crippen LogP contribution < -0.4 is 10.1 Å². The number of phenolic OH excluding ortho intramolecular Hbond substituents is 1. The lowest BCUT2D eigenvalue weighted by Crippen LogP contribution is -2.43.